The normalized spacial score (nSPS) is 19.9. The van der Waals surface area contributed by atoms with E-state index < -0.39 is 41.4 Å². The van der Waals surface area contributed by atoms with E-state index >= 15 is 0 Å². The van der Waals surface area contributed by atoms with E-state index in [1.807, 2.05) is 32.0 Å². The Kier molecular flexibility index (Phi) is 5.22. The fourth-order valence-electron chi connectivity index (χ4n) is 3.76. The lowest BCUT2D eigenvalue weighted by atomic mass is 10.1. The molecule has 8 nitrogen and oxygen atoms in total. The Labute approximate surface area is 176 Å². The summed E-state index contributed by atoms with van der Waals surface area (Å²) in [4.78, 5) is 38.9. The van der Waals surface area contributed by atoms with Gasteiger partial charge < -0.3 is 5.32 Å². The zero-order chi connectivity index (χ0) is 22.3. The quantitative estimate of drug-likeness (QED) is 0.743. The Balaban J connectivity index is 1.52. The van der Waals surface area contributed by atoms with E-state index in [2.05, 4.69) is 15.7 Å². The van der Waals surface area contributed by atoms with Crippen molar-refractivity contribution in [2.24, 2.45) is 10.3 Å². The summed E-state index contributed by atoms with van der Waals surface area (Å²) in [6, 6.07) is 6.16. The molecule has 160 valence electrons. The fraction of sp³-hybridized carbons (Fsp3) is 0.286. The lowest BCUT2D eigenvalue weighted by molar-refractivity contribution is -0.123. The highest BCUT2D eigenvalue weighted by molar-refractivity contribution is 6.25. The second-order valence-electron chi connectivity index (χ2n) is 7.31. The molecule has 2 heterocycles. The van der Waals surface area contributed by atoms with Gasteiger partial charge in [0.15, 0.2) is 23.7 Å². The molecule has 2 aliphatic rings. The van der Waals surface area contributed by atoms with Crippen LogP contribution in [0.3, 0.4) is 0 Å². The molecule has 3 amide bonds. The summed E-state index contributed by atoms with van der Waals surface area (Å²) in [5.74, 6) is -4.11. The Bertz CT molecular complexity index is 1120. The highest BCUT2D eigenvalue weighted by atomic mass is 19.2. The molecule has 0 radical (unpaired) electrons. The van der Waals surface area contributed by atoms with Crippen molar-refractivity contribution in [1.29, 1.82) is 0 Å². The third kappa shape index (κ3) is 3.54. The number of carbonyl (C=O) groups is 3. The van der Waals surface area contributed by atoms with Crippen LogP contribution in [-0.4, -0.2) is 41.4 Å². The van der Waals surface area contributed by atoms with Gasteiger partial charge in [-0.05, 0) is 36.6 Å². The van der Waals surface area contributed by atoms with E-state index in [-0.39, 0.29) is 12.2 Å². The number of hydrogen-bond donors (Lipinski definition) is 1. The first-order chi connectivity index (χ1) is 14.8. The standard InChI is InChI=1S/C21H19F2N5O3/c1-3-12-6-4-5-11(2)17(12)24-16(29)10-27-19-18(25-26-27)20(30)28(21(19)31)13-7-8-14(22)15(23)9-13/h4-9,18-19H,3,10H2,1-2H3,(H,24,29)/t18-,19-/m0/s1. The van der Waals surface area contributed by atoms with Crippen LogP contribution in [0.4, 0.5) is 20.2 Å². The van der Waals surface area contributed by atoms with Gasteiger partial charge in [-0.25, -0.2) is 13.7 Å². The summed E-state index contributed by atoms with van der Waals surface area (Å²) in [6.07, 6.45) is 0.724. The topological polar surface area (TPSA) is 94.4 Å². The summed E-state index contributed by atoms with van der Waals surface area (Å²) in [7, 11) is 0. The van der Waals surface area contributed by atoms with Gasteiger partial charge in [0.1, 0.15) is 6.54 Å². The number of amides is 3. The van der Waals surface area contributed by atoms with Gasteiger partial charge in [-0.15, -0.1) is 0 Å². The van der Waals surface area contributed by atoms with E-state index in [9.17, 15) is 23.2 Å². The van der Waals surface area contributed by atoms with Crippen LogP contribution >= 0.6 is 0 Å². The maximum absolute atomic E-state index is 13.6. The van der Waals surface area contributed by atoms with Crippen LogP contribution in [-0.2, 0) is 20.8 Å². The number of para-hydroxylation sites is 1. The van der Waals surface area contributed by atoms with Crippen LogP contribution < -0.4 is 10.2 Å². The molecule has 0 bridgehead atoms. The van der Waals surface area contributed by atoms with E-state index in [0.29, 0.717) is 5.69 Å². The van der Waals surface area contributed by atoms with Gasteiger partial charge in [0, 0.05) is 11.8 Å². The Morgan fingerprint density at radius 3 is 2.61 bits per heavy atom. The first-order valence-corrected chi connectivity index (χ1v) is 9.70. The van der Waals surface area contributed by atoms with E-state index in [1.54, 1.807) is 0 Å². The highest BCUT2D eigenvalue weighted by Crippen LogP contribution is 2.32. The number of hydrogen-bond acceptors (Lipinski definition) is 6. The predicted molar refractivity (Wildman–Crippen MR) is 107 cm³/mol. The number of imide groups is 1. The van der Waals surface area contributed by atoms with Crippen molar-refractivity contribution >= 4 is 29.1 Å². The molecular formula is C21H19F2N5O3. The second kappa shape index (κ2) is 7.86. The number of anilines is 2. The summed E-state index contributed by atoms with van der Waals surface area (Å²) in [5, 5.41) is 11.6. The summed E-state index contributed by atoms with van der Waals surface area (Å²) in [6.45, 7) is 3.55. The average molecular weight is 427 g/mol. The minimum atomic E-state index is -1.18. The summed E-state index contributed by atoms with van der Waals surface area (Å²) < 4.78 is 26.8. The van der Waals surface area contributed by atoms with Crippen molar-refractivity contribution < 1.29 is 23.2 Å². The van der Waals surface area contributed by atoms with Gasteiger partial charge in [0.05, 0.1) is 5.69 Å². The number of nitrogens with zero attached hydrogens (tertiary/aromatic N) is 4. The Morgan fingerprint density at radius 2 is 1.90 bits per heavy atom. The molecule has 1 saturated heterocycles. The molecule has 0 saturated carbocycles. The van der Waals surface area contributed by atoms with Crippen molar-refractivity contribution in [2.75, 3.05) is 16.8 Å². The molecule has 2 atom stereocenters. The molecule has 0 unspecified atom stereocenters. The van der Waals surface area contributed by atoms with Crippen molar-refractivity contribution in [1.82, 2.24) is 5.01 Å². The van der Waals surface area contributed by atoms with Crippen molar-refractivity contribution in [2.45, 2.75) is 32.4 Å². The molecule has 0 spiro atoms. The van der Waals surface area contributed by atoms with Gasteiger partial charge in [-0.3, -0.25) is 19.4 Å². The minimum absolute atomic E-state index is 0.101. The van der Waals surface area contributed by atoms with Crippen molar-refractivity contribution in [3.63, 3.8) is 0 Å². The third-order valence-corrected chi connectivity index (χ3v) is 5.33. The SMILES string of the molecule is CCc1cccc(C)c1NC(=O)CN1N=N[C@@H]2C(=O)N(c3ccc(F)c(F)c3)C(=O)[C@H]21. The molecular weight excluding hydrogens is 408 g/mol. The minimum Gasteiger partial charge on any atom is -0.324 e. The van der Waals surface area contributed by atoms with Crippen LogP contribution in [0.1, 0.15) is 18.1 Å². The third-order valence-electron chi connectivity index (χ3n) is 5.33. The number of benzene rings is 2. The monoisotopic (exact) mass is 427 g/mol. The van der Waals surface area contributed by atoms with Crippen LogP contribution in [0.25, 0.3) is 0 Å². The number of aryl methyl sites for hydroxylation is 2. The van der Waals surface area contributed by atoms with E-state index in [4.69, 9.17) is 0 Å². The van der Waals surface area contributed by atoms with Gasteiger partial charge in [-0.1, -0.05) is 30.3 Å². The molecule has 10 heteroatoms. The predicted octanol–water partition coefficient (Wildman–Crippen LogP) is 2.77. The maximum Gasteiger partial charge on any atom is 0.263 e. The second-order valence-corrected chi connectivity index (χ2v) is 7.31. The molecule has 1 N–H and O–H groups in total. The van der Waals surface area contributed by atoms with E-state index in [0.717, 1.165) is 45.7 Å². The molecule has 31 heavy (non-hydrogen) atoms. The van der Waals surface area contributed by atoms with Gasteiger partial charge in [-0.2, -0.15) is 5.11 Å². The van der Waals surface area contributed by atoms with Crippen LogP contribution in [0.5, 0.6) is 0 Å². The smallest absolute Gasteiger partial charge is 0.263 e. The van der Waals surface area contributed by atoms with Crippen LogP contribution in [0, 0.1) is 18.6 Å². The van der Waals surface area contributed by atoms with Gasteiger partial charge in [0.25, 0.3) is 11.8 Å². The fourth-order valence-corrected chi connectivity index (χ4v) is 3.76. The zero-order valence-corrected chi connectivity index (χ0v) is 16.8. The highest BCUT2D eigenvalue weighted by Gasteiger charge is 2.55. The largest absolute Gasteiger partial charge is 0.324 e. The number of rotatable bonds is 5. The molecule has 4 rings (SSSR count). The molecule has 2 aliphatic heterocycles. The Morgan fingerprint density at radius 1 is 1.13 bits per heavy atom. The zero-order valence-electron chi connectivity index (χ0n) is 16.8. The van der Waals surface area contributed by atoms with Crippen LogP contribution in [0.15, 0.2) is 46.7 Å². The first-order valence-electron chi connectivity index (χ1n) is 9.70. The average Bonchev–Trinajstić information content (AvgIpc) is 3.25. The molecule has 2 aromatic carbocycles. The molecule has 2 aromatic rings. The van der Waals surface area contributed by atoms with Crippen molar-refractivity contribution in [3.05, 3.63) is 59.2 Å². The van der Waals surface area contributed by atoms with Gasteiger partial charge >= 0.3 is 0 Å². The lowest BCUT2D eigenvalue weighted by Crippen LogP contribution is -2.43. The van der Waals surface area contributed by atoms with Crippen LogP contribution in [0.2, 0.25) is 0 Å². The number of carbonyl (C=O) groups excluding carboxylic acids is 3. The number of nitrogens with one attached hydrogen (secondary N) is 1. The molecule has 0 aliphatic carbocycles. The van der Waals surface area contributed by atoms with Crippen molar-refractivity contribution in [3.8, 4) is 0 Å². The summed E-state index contributed by atoms with van der Waals surface area (Å²) >= 11 is 0. The maximum atomic E-state index is 13.6. The molecule has 0 aromatic heterocycles. The lowest BCUT2D eigenvalue weighted by Gasteiger charge is -2.21. The first kappa shape index (κ1) is 20.6. The number of halogens is 2. The van der Waals surface area contributed by atoms with E-state index in [1.165, 1.54) is 0 Å². The summed E-state index contributed by atoms with van der Waals surface area (Å²) in [5.41, 5.74) is 2.45. The Hall–Kier alpha value is -3.69. The molecule has 1 fully saturated rings. The number of fused-ring (bicyclic) bond motifs is 1. The van der Waals surface area contributed by atoms with Gasteiger partial charge in [0.2, 0.25) is 5.91 Å².